The summed E-state index contributed by atoms with van der Waals surface area (Å²) in [6, 6.07) is 4.99. The van der Waals surface area contributed by atoms with Crippen LogP contribution in [0.1, 0.15) is 23.2 Å². The van der Waals surface area contributed by atoms with E-state index < -0.39 is 0 Å². The first-order chi connectivity index (χ1) is 13.5. The van der Waals surface area contributed by atoms with Gasteiger partial charge in [-0.2, -0.15) is 0 Å². The van der Waals surface area contributed by atoms with Gasteiger partial charge in [0.25, 0.3) is 5.24 Å². The molecule has 0 spiro atoms. The maximum atomic E-state index is 12.4. The van der Waals surface area contributed by atoms with E-state index in [9.17, 15) is 14.4 Å². The number of thioether (sulfide) groups is 1. The van der Waals surface area contributed by atoms with E-state index in [1.807, 2.05) is 18.2 Å². The Morgan fingerprint density at radius 2 is 1.89 bits per heavy atom. The van der Waals surface area contributed by atoms with E-state index in [0.29, 0.717) is 29.9 Å². The predicted molar refractivity (Wildman–Crippen MR) is 105 cm³/mol. The van der Waals surface area contributed by atoms with Gasteiger partial charge in [0.1, 0.15) is 18.1 Å². The molecule has 2 unspecified atom stereocenters. The lowest BCUT2D eigenvalue weighted by Gasteiger charge is -2.18. The van der Waals surface area contributed by atoms with Crippen LogP contribution < -0.4 is 14.8 Å². The van der Waals surface area contributed by atoms with Gasteiger partial charge in [0.15, 0.2) is 5.78 Å². The summed E-state index contributed by atoms with van der Waals surface area (Å²) < 4.78 is 16.1. The zero-order valence-corrected chi connectivity index (χ0v) is 16.4. The number of Topliss-reactive ketones (excluding diaryl/α,β-unsaturated/α-hetero) is 1. The first-order valence-electron chi connectivity index (χ1n) is 8.75. The monoisotopic (exact) mass is 403 g/mol. The molecular weight excluding hydrogens is 382 g/mol. The van der Waals surface area contributed by atoms with Crippen molar-refractivity contribution in [2.45, 2.75) is 24.2 Å². The number of ketones is 1. The standard InChI is InChI=1S/C20H21NO6S/c1-25-15-8-13(9-16(10-15)26-2)17(22)11-27-14-5-3-12(4-6-14)7-18-19(23)21-20(24)28-18/h3-5,8-10,14,18H,6-7,11H2,1-2H3,(H,21,23,24). The second-order valence-corrected chi connectivity index (χ2v) is 7.51. The molecule has 1 heterocycles. The summed E-state index contributed by atoms with van der Waals surface area (Å²) in [5.41, 5.74) is 1.44. The lowest BCUT2D eigenvalue weighted by Crippen LogP contribution is -2.24. The van der Waals surface area contributed by atoms with Gasteiger partial charge in [0, 0.05) is 11.6 Å². The van der Waals surface area contributed by atoms with Crippen molar-refractivity contribution < 1.29 is 28.6 Å². The van der Waals surface area contributed by atoms with Crippen LogP contribution in [0.2, 0.25) is 0 Å². The summed E-state index contributed by atoms with van der Waals surface area (Å²) in [4.78, 5) is 35.3. The Labute approximate surface area is 167 Å². The topological polar surface area (TPSA) is 90.9 Å². The molecule has 1 fully saturated rings. The molecule has 1 aromatic carbocycles. The van der Waals surface area contributed by atoms with Crippen molar-refractivity contribution in [1.29, 1.82) is 0 Å². The number of hydrogen-bond donors (Lipinski definition) is 1. The van der Waals surface area contributed by atoms with Gasteiger partial charge in [-0.05, 0) is 25.0 Å². The summed E-state index contributed by atoms with van der Waals surface area (Å²) in [5.74, 6) is 0.667. The number of amides is 2. The fourth-order valence-corrected chi connectivity index (χ4v) is 3.76. The van der Waals surface area contributed by atoms with E-state index in [1.54, 1.807) is 18.2 Å². The summed E-state index contributed by atoms with van der Waals surface area (Å²) in [5, 5.41) is 1.60. The largest absolute Gasteiger partial charge is 0.497 e. The van der Waals surface area contributed by atoms with Crippen LogP contribution in [0.25, 0.3) is 0 Å². The number of nitrogens with one attached hydrogen (secondary N) is 1. The van der Waals surface area contributed by atoms with Crippen LogP contribution in [-0.2, 0) is 9.53 Å². The van der Waals surface area contributed by atoms with Crippen LogP contribution in [-0.4, -0.2) is 49.1 Å². The molecular formula is C20H21NO6S. The van der Waals surface area contributed by atoms with Crippen LogP contribution in [0.5, 0.6) is 11.5 Å². The third-order valence-electron chi connectivity index (χ3n) is 4.43. The van der Waals surface area contributed by atoms with E-state index in [1.165, 1.54) is 14.2 Å². The number of hydrogen-bond acceptors (Lipinski definition) is 7. The lowest BCUT2D eigenvalue weighted by molar-refractivity contribution is -0.118. The number of methoxy groups -OCH3 is 2. The highest BCUT2D eigenvalue weighted by atomic mass is 32.2. The van der Waals surface area contributed by atoms with Crippen LogP contribution >= 0.6 is 11.8 Å². The second-order valence-electron chi connectivity index (χ2n) is 6.34. The molecule has 0 aromatic heterocycles. The molecule has 0 saturated carbocycles. The predicted octanol–water partition coefficient (Wildman–Crippen LogP) is 2.90. The van der Waals surface area contributed by atoms with Gasteiger partial charge in [-0.3, -0.25) is 19.7 Å². The average molecular weight is 403 g/mol. The molecule has 2 amide bonds. The Bertz CT molecular complexity index is 825. The number of carbonyl (C=O) groups excluding carboxylic acids is 3. The van der Waals surface area contributed by atoms with Crippen LogP contribution in [0.4, 0.5) is 4.79 Å². The van der Waals surface area contributed by atoms with Gasteiger partial charge in [-0.1, -0.05) is 35.6 Å². The Hall–Kier alpha value is -2.58. The Kier molecular flexibility index (Phi) is 6.53. The van der Waals surface area contributed by atoms with Crippen molar-refractivity contribution in [3.05, 3.63) is 47.6 Å². The first-order valence-corrected chi connectivity index (χ1v) is 9.63. The highest BCUT2D eigenvalue weighted by Crippen LogP contribution is 2.28. The molecule has 0 radical (unpaired) electrons. The zero-order chi connectivity index (χ0) is 20.1. The summed E-state index contributed by atoms with van der Waals surface area (Å²) in [6.45, 7) is -0.0656. The fraction of sp³-hybridized carbons (Fsp3) is 0.350. The van der Waals surface area contributed by atoms with Crippen LogP contribution in [0, 0.1) is 0 Å². The highest BCUT2D eigenvalue weighted by molar-refractivity contribution is 8.15. The van der Waals surface area contributed by atoms with Gasteiger partial charge < -0.3 is 14.2 Å². The molecule has 148 valence electrons. The molecule has 1 saturated heterocycles. The molecule has 28 heavy (non-hydrogen) atoms. The van der Waals surface area contributed by atoms with E-state index in [2.05, 4.69) is 5.32 Å². The third-order valence-corrected chi connectivity index (χ3v) is 5.41. The Balaban J connectivity index is 1.51. The lowest BCUT2D eigenvalue weighted by atomic mass is 10.0. The van der Waals surface area contributed by atoms with Crippen LogP contribution in [0.3, 0.4) is 0 Å². The van der Waals surface area contributed by atoms with E-state index in [4.69, 9.17) is 14.2 Å². The molecule has 1 aromatic rings. The molecule has 1 aliphatic heterocycles. The molecule has 8 heteroatoms. The minimum absolute atomic E-state index is 0.0656. The quantitative estimate of drug-likeness (QED) is 0.668. The molecule has 1 aliphatic carbocycles. The SMILES string of the molecule is COc1cc(OC)cc(C(=O)COC2C=CC(CC3SC(=O)NC3=O)=CC2)c1. The molecule has 3 rings (SSSR count). The number of allylic oxidation sites excluding steroid dienone is 2. The molecule has 0 bridgehead atoms. The van der Waals surface area contributed by atoms with Crippen molar-refractivity contribution in [3.63, 3.8) is 0 Å². The minimum atomic E-state index is -0.384. The highest BCUT2D eigenvalue weighted by Gasteiger charge is 2.32. The fourth-order valence-electron chi connectivity index (χ4n) is 2.90. The van der Waals surface area contributed by atoms with Gasteiger partial charge in [-0.15, -0.1) is 0 Å². The molecule has 7 nitrogen and oxygen atoms in total. The Morgan fingerprint density at radius 1 is 1.18 bits per heavy atom. The first kappa shape index (κ1) is 20.2. The van der Waals surface area contributed by atoms with Crippen molar-refractivity contribution in [2.75, 3.05) is 20.8 Å². The average Bonchev–Trinajstić information content (AvgIpc) is 3.03. The number of ether oxygens (including phenoxy) is 3. The van der Waals surface area contributed by atoms with Gasteiger partial charge >= 0.3 is 0 Å². The van der Waals surface area contributed by atoms with Crippen molar-refractivity contribution in [1.82, 2.24) is 5.32 Å². The molecule has 2 aliphatic rings. The second kappa shape index (κ2) is 9.07. The third kappa shape index (κ3) is 5.02. The number of imide groups is 1. The maximum Gasteiger partial charge on any atom is 0.286 e. The van der Waals surface area contributed by atoms with E-state index in [0.717, 1.165) is 17.3 Å². The molecule has 2 atom stereocenters. The van der Waals surface area contributed by atoms with Crippen molar-refractivity contribution >= 4 is 28.7 Å². The van der Waals surface area contributed by atoms with Crippen molar-refractivity contribution in [2.24, 2.45) is 0 Å². The van der Waals surface area contributed by atoms with Gasteiger partial charge in [0.05, 0.1) is 25.6 Å². The summed E-state index contributed by atoms with van der Waals surface area (Å²) in [6.07, 6.45) is 6.60. The minimum Gasteiger partial charge on any atom is -0.497 e. The Morgan fingerprint density at radius 3 is 2.43 bits per heavy atom. The number of carbonyl (C=O) groups is 3. The van der Waals surface area contributed by atoms with Crippen LogP contribution in [0.15, 0.2) is 42.0 Å². The summed E-state index contributed by atoms with van der Waals surface area (Å²) >= 11 is 1.02. The van der Waals surface area contributed by atoms with Crippen molar-refractivity contribution in [3.8, 4) is 11.5 Å². The van der Waals surface area contributed by atoms with E-state index >= 15 is 0 Å². The number of benzene rings is 1. The van der Waals surface area contributed by atoms with Gasteiger partial charge in [-0.25, -0.2) is 0 Å². The summed E-state index contributed by atoms with van der Waals surface area (Å²) in [7, 11) is 3.06. The van der Waals surface area contributed by atoms with Gasteiger partial charge in [0.2, 0.25) is 5.91 Å². The van der Waals surface area contributed by atoms with E-state index in [-0.39, 0.29) is 34.9 Å². The number of rotatable bonds is 8. The zero-order valence-electron chi connectivity index (χ0n) is 15.6. The molecule has 1 N–H and O–H groups in total. The maximum absolute atomic E-state index is 12.4. The smallest absolute Gasteiger partial charge is 0.286 e. The normalized spacial score (nSPS) is 21.3.